The summed E-state index contributed by atoms with van der Waals surface area (Å²) in [5.74, 6) is 1.74. The van der Waals surface area contributed by atoms with Gasteiger partial charge in [0.05, 0.1) is 6.54 Å². The van der Waals surface area contributed by atoms with Crippen LogP contribution in [0.4, 0.5) is 5.95 Å². The second-order valence-electron chi connectivity index (χ2n) is 8.67. The summed E-state index contributed by atoms with van der Waals surface area (Å²) in [6.45, 7) is 6.95. The van der Waals surface area contributed by atoms with Gasteiger partial charge in [0.15, 0.2) is 5.76 Å². The highest BCUT2D eigenvalue weighted by Crippen LogP contribution is 2.28. The molecule has 7 nitrogen and oxygen atoms in total. The highest BCUT2D eigenvalue weighted by atomic mass is 16.5. The van der Waals surface area contributed by atoms with Crippen molar-refractivity contribution < 1.29 is 4.52 Å². The Hall–Kier alpha value is -3.29. The van der Waals surface area contributed by atoms with Gasteiger partial charge in [-0.15, -0.1) is 0 Å². The molecule has 0 radical (unpaired) electrons. The molecular weight excluding hydrogens is 412 g/mol. The Morgan fingerprint density at radius 1 is 0.939 bits per heavy atom. The lowest BCUT2D eigenvalue weighted by atomic mass is 10.0. The molecule has 0 saturated carbocycles. The minimum absolute atomic E-state index is 0.761. The second kappa shape index (κ2) is 10.1. The standard InChI is InChI=1S/C26H30N6O/c1-30(13-6-14-31-15-17-32(18-16-31)26-27-11-5-12-28-26)20-22-19-25(29-33-22)24-10-4-8-21-7-2-3-9-23(21)24/h2-5,7-12,19H,6,13-18,20H2,1H3. The van der Waals surface area contributed by atoms with Crippen molar-refractivity contribution in [2.24, 2.45) is 0 Å². The van der Waals surface area contributed by atoms with E-state index >= 15 is 0 Å². The second-order valence-corrected chi connectivity index (χ2v) is 8.67. The van der Waals surface area contributed by atoms with Gasteiger partial charge in [0, 0.05) is 50.2 Å². The van der Waals surface area contributed by atoms with E-state index in [-0.39, 0.29) is 0 Å². The Labute approximate surface area is 194 Å². The predicted octanol–water partition coefficient (Wildman–Crippen LogP) is 3.93. The number of piperazine rings is 1. The third-order valence-electron chi connectivity index (χ3n) is 6.27. The normalized spacial score (nSPS) is 14.9. The Morgan fingerprint density at radius 3 is 2.58 bits per heavy atom. The quantitative estimate of drug-likeness (QED) is 0.410. The summed E-state index contributed by atoms with van der Waals surface area (Å²) in [5, 5.41) is 6.77. The van der Waals surface area contributed by atoms with E-state index in [1.807, 2.05) is 18.5 Å². The number of nitrogens with zero attached hydrogens (tertiary/aromatic N) is 6. The van der Waals surface area contributed by atoms with E-state index in [2.05, 4.69) is 85.4 Å². The topological polar surface area (TPSA) is 61.5 Å². The number of benzene rings is 2. The van der Waals surface area contributed by atoms with Gasteiger partial charge in [-0.2, -0.15) is 0 Å². The lowest BCUT2D eigenvalue weighted by Gasteiger charge is -2.34. The zero-order chi connectivity index (χ0) is 22.5. The maximum atomic E-state index is 5.67. The van der Waals surface area contributed by atoms with Crippen LogP contribution in [0.15, 0.2) is 71.5 Å². The van der Waals surface area contributed by atoms with Crippen LogP contribution in [-0.2, 0) is 6.54 Å². The molecule has 0 aliphatic carbocycles. The smallest absolute Gasteiger partial charge is 0.225 e. The number of anilines is 1. The molecule has 170 valence electrons. The fraction of sp³-hybridized carbons (Fsp3) is 0.346. The van der Waals surface area contributed by atoms with Crippen molar-refractivity contribution >= 4 is 16.7 Å². The summed E-state index contributed by atoms with van der Waals surface area (Å²) < 4.78 is 5.67. The first-order valence-corrected chi connectivity index (χ1v) is 11.6. The SMILES string of the molecule is CN(CCCN1CCN(c2ncccn2)CC1)Cc1cc(-c2cccc3ccccc23)no1. The Kier molecular flexibility index (Phi) is 6.60. The van der Waals surface area contributed by atoms with Crippen molar-refractivity contribution in [2.45, 2.75) is 13.0 Å². The summed E-state index contributed by atoms with van der Waals surface area (Å²) >= 11 is 0. The van der Waals surface area contributed by atoms with Crippen molar-refractivity contribution in [3.05, 3.63) is 72.8 Å². The van der Waals surface area contributed by atoms with Crippen LogP contribution < -0.4 is 4.90 Å². The van der Waals surface area contributed by atoms with Crippen molar-refractivity contribution in [1.29, 1.82) is 0 Å². The van der Waals surface area contributed by atoms with E-state index in [1.54, 1.807) is 0 Å². The molecule has 7 heteroatoms. The molecule has 0 amide bonds. The minimum Gasteiger partial charge on any atom is -0.359 e. The van der Waals surface area contributed by atoms with Gasteiger partial charge in [-0.1, -0.05) is 47.6 Å². The van der Waals surface area contributed by atoms with Gasteiger partial charge in [0.25, 0.3) is 0 Å². The minimum atomic E-state index is 0.761. The Balaban J connectivity index is 1.09. The molecular formula is C26H30N6O. The van der Waals surface area contributed by atoms with Gasteiger partial charge < -0.3 is 9.42 Å². The molecule has 0 spiro atoms. The predicted molar refractivity (Wildman–Crippen MR) is 131 cm³/mol. The van der Waals surface area contributed by atoms with Crippen LogP contribution in [-0.4, -0.2) is 71.2 Å². The first kappa shape index (κ1) is 21.6. The van der Waals surface area contributed by atoms with Crippen molar-refractivity contribution in [3.63, 3.8) is 0 Å². The molecule has 0 unspecified atom stereocenters. The average Bonchev–Trinajstić information content (AvgIpc) is 3.33. The van der Waals surface area contributed by atoms with E-state index < -0.39 is 0 Å². The first-order valence-electron chi connectivity index (χ1n) is 11.6. The summed E-state index contributed by atoms with van der Waals surface area (Å²) in [7, 11) is 2.14. The molecule has 1 aliphatic heterocycles. The highest BCUT2D eigenvalue weighted by molar-refractivity contribution is 5.95. The summed E-state index contributed by atoms with van der Waals surface area (Å²) in [5.41, 5.74) is 2.02. The maximum absolute atomic E-state index is 5.67. The number of rotatable bonds is 8. The molecule has 1 saturated heterocycles. The zero-order valence-electron chi connectivity index (χ0n) is 19.1. The molecule has 0 N–H and O–H groups in total. The molecule has 33 heavy (non-hydrogen) atoms. The van der Waals surface area contributed by atoms with Gasteiger partial charge in [-0.05, 0) is 43.4 Å². The van der Waals surface area contributed by atoms with Crippen LogP contribution in [0.25, 0.3) is 22.0 Å². The molecule has 0 atom stereocenters. The fourth-order valence-electron chi connectivity index (χ4n) is 4.50. The number of fused-ring (bicyclic) bond motifs is 1. The Morgan fingerprint density at radius 2 is 1.73 bits per heavy atom. The third-order valence-corrected chi connectivity index (χ3v) is 6.27. The molecule has 1 fully saturated rings. The molecule has 2 aromatic carbocycles. The highest BCUT2D eigenvalue weighted by Gasteiger charge is 2.18. The molecule has 1 aliphatic rings. The third kappa shape index (κ3) is 5.21. The average molecular weight is 443 g/mol. The van der Waals surface area contributed by atoms with E-state index in [0.29, 0.717) is 0 Å². The zero-order valence-corrected chi connectivity index (χ0v) is 19.1. The Bertz CT molecular complexity index is 1160. The number of aromatic nitrogens is 3. The van der Waals surface area contributed by atoms with Gasteiger partial charge in [0.2, 0.25) is 5.95 Å². The van der Waals surface area contributed by atoms with E-state index in [9.17, 15) is 0 Å². The molecule has 0 bridgehead atoms. The first-order chi connectivity index (χ1) is 16.3. The summed E-state index contributed by atoms with van der Waals surface area (Å²) in [6.07, 6.45) is 4.75. The molecule has 4 aromatic rings. The largest absolute Gasteiger partial charge is 0.359 e. The van der Waals surface area contributed by atoms with Crippen molar-refractivity contribution in [1.82, 2.24) is 24.9 Å². The molecule has 2 aromatic heterocycles. The lowest BCUT2D eigenvalue weighted by molar-refractivity contribution is 0.222. The maximum Gasteiger partial charge on any atom is 0.225 e. The number of hydrogen-bond donors (Lipinski definition) is 0. The summed E-state index contributed by atoms with van der Waals surface area (Å²) in [4.78, 5) is 15.8. The van der Waals surface area contributed by atoms with E-state index in [1.165, 1.54) is 10.8 Å². The van der Waals surface area contributed by atoms with Gasteiger partial charge in [-0.25, -0.2) is 9.97 Å². The van der Waals surface area contributed by atoms with E-state index in [4.69, 9.17) is 4.52 Å². The van der Waals surface area contributed by atoms with E-state index in [0.717, 1.165) is 75.2 Å². The van der Waals surface area contributed by atoms with Gasteiger partial charge in [-0.3, -0.25) is 9.80 Å². The lowest BCUT2D eigenvalue weighted by Crippen LogP contribution is -2.47. The fourth-order valence-corrected chi connectivity index (χ4v) is 4.50. The summed E-state index contributed by atoms with van der Waals surface area (Å²) in [6, 6.07) is 18.6. The van der Waals surface area contributed by atoms with Gasteiger partial charge >= 0.3 is 0 Å². The van der Waals surface area contributed by atoms with Crippen LogP contribution in [0, 0.1) is 0 Å². The molecule has 5 rings (SSSR count). The van der Waals surface area contributed by atoms with Crippen LogP contribution in [0.5, 0.6) is 0 Å². The van der Waals surface area contributed by atoms with Crippen molar-refractivity contribution in [3.8, 4) is 11.3 Å². The monoisotopic (exact) mass is 442 g/mol. The van der Waals surface area contributed by atoms with Crippen LogP contribution >= 0.6 is 0 Å². The van der Waals surface area contributed by atoms with Crippen LogP contribution in [0.3, 0.4) is 0 Å². The van der Waals surface area contributed by atoms with Crippen LogP contribution in [0.1, 0.15) is 12.2 Å². The molecule has 3 heterocycles. The van der Waals surface area contributed by atoms with Crippen LogP contribution in [0.2, 0.25) is 0 Å². The van der Waals surface area contributed by atoms with Gasteiger partial charge in [0.1, 0.15) is 5.69 Å². The number of hydrogen-bond acceptors (Lipinski definition) is 7. The van der Waals surface area contributed by atoms with Crippen molar-refractivity contribution in [2.75, 3.05) is 51.2 Å².